The number of aliphatic hydroxyl groups is 2. The van der Waals surface area contributed by atoms with E-state index in [-0.39, 0.29) is 12.2 Å². The summed E-state index contributed by atoms with van der Waals surface area (Å²) < 4.78 is 0. The second kappa shape index (κ2) is 19.1. The molecule has 1 rings (SSSR count). The van der Waals surface area contributed by atoms with Gasteiger partial charge in [0.15, 0.2) is 0 Å². The van der Waals surface area contributed by atoms with Crippen LogP contribution in [0.3, 0.4) is 0 Å². The van der Waals surface area contributed by atoms with Crippen molar-refractivity contribution in [2.75, 3.05) is 78.5 Å². The van der Waals surface area contributed by atoms with E-state index in [0.29, 0.717) is 0 Å². The molecule has 0 bridgehead atoms. The molecule has 6 nitrogen and oxygen atoms in total. The van der Waals surface area contributed by atoms with Crippen molar-refractivity contribution in [2.45, 2.75) is 91.3 Å². The van der Waals surface area contributed by atoms with Gasteiger partial charge in [0, 0.05) is 52.4 Å². The highest BCUT2D eigenvalue weighted by molar-refractivity contribution is 4.78. The van der Waals surface area contributed by atoms with Crippen LogP contribution in [0.2, 0.25) is 0 Å². The lowest BCUT2D eigenvalue weighted by Crippen LogP contribution is -2.52. The minimum Gasteiger partial charge on any atom is -0.390 e. The van der Waals surface area contributed by atoms with E-state index in [9.17, 15) is 10.2 Å². The van der Waals surface area contributed by atoms with Crippen LogP contribution in [0.15, 0.2) is 0 Å². The van der Waals surface area contributed by atoms with Gasteiger partial charge in [0.05, 0.1) is 12.2 Å². The van der Waals surface area contributed by atoms with Gasteiger partial charge in [-0.25, -0.2) is 0 Å². The topological polar surface area (TPSA) is 53.4 Å². The lowest BCUT2D eigenvalue weighted by atomic mass is 10.2. The number of hydrogen-bond donors (Lipinski definition) is 2. The van der Waals surface area contributed by atoms with Crippen LogP contribution in [-0.2, 0) is 0 Å². The zero-order valence-corrected chi connectivity index (χ0v) is 22.0. The lowest BCUT2D eigenvalue weighted by Gasteiger charge is -2.37. The van der Waals surface area contributed by atoms with E-state index >= 15 is 0 Å². The molecule has 0 saturated carbocycles. The Labute approximate surface area is 199 Å². The first-order valence-electron chi connectivity index (χ1n) is 13.8. The molecule has 0 radical (unpaired) electrons. The molecule has 0 aromatic heterocycles. The molecule has 0 unspecified atom stereocenters. The van der Waals surface area contributed by atoms with E-state index in [1.807, 2.05) is 0 Å². The zero-order chi connectivity index (χ0) is 23.6. The summed E-state index contributed by atoms with van der Waals surface area (Å²) in [6.07, 6.45) is 9.15. The Morgan fingerprint density at radius 1 is 0.562 bits per heavy atom. The molecule has 32 heavy (non-hydrogen) atoms. The van der Waals surface area contributed by atoms with Gasteiger partial charge < -0.3 is 20.0 Å². The smallest absolute Gasteiger partial charge is 0.0793 e. The second-order valence-electron chi connectivity index (χ2n) is 9.92. The lowest BCUT2D eigenvalue weighted by molar-refractivity contribution is 0.0279. The van der Waals surface area contributed by atoms with Gasteiger partial charge in [-0.2, -0.15) is 0 Å². The summed E-state index contributed by atoms with van der Waals surface area (Å²) in [5, 5.41) is 21.4. The number of aliphatic hydroxyl groups excluding tert-OH is 2. The standard InChI is InChI=1S/C26H56N4O2/c1-5-9-13-27(14-10-6-2)21-25(31)23-29-17-19-30(20-18-29)24-26(32)22-28(15-11-7-3)16-12-8-4/h25-26,31-32H,5-24H2,1-4H3/t25-,26+. The maximum absolute atomic E-state index is 10.7. The molecule has 192 valence electrons. The van der Waals surface area contributed by atoms with Gasteiger partial charge in [0.2, 0.25) is 0 Å². The van der Waals surface area contributed by atoms with Crippen molar-refractivity contribution >= 4 is 0 Å². The maximum atomic E-state index is 10.7. The average Bonchev–Trinajstić information content (AvgIpc) is 2.78. The van der Waals surface area contributed by atoms with Crippen molar-refractivity contribution in [3.8, 4) is 0 Å². The molecule has 1 aliphatic heterocycles. The fourth-order valence-corrected chi connectivity index (χ4v) is 4.58. The van der Waals surface area contributed by atoms with E-state index in [0.717, 1.165) is 78.5 Å². The highest BCUT2D eigenvalue weighted by atomic mass is 16.3. The summed E-state index contributed by atoms with van der Waals surface area (Å²) in [7, 11) is 0. The van der Waals surface area contributed by atoms with Crippen LogP contribution in [0.4, 0.5) is 0 Å². The third kappa shape index (κ3) is 14.1. The minimum absolute atomic E-state index is 0.272. The Morgan fingerprint density at radius 2 is 0.844 bits per heavy atom. The monoisotopic (exact) mass is 456 g/mol. The molecule has 1 fully saturated rings. The number of piperazine rings is 1. The molecule has 1 heterocycles. The van der Waals surface area contributed by atoms with E-state index < -0.39 is 0 Å². The largest absolute Gasteiger partial charge is 0.390 e. The van der Waals surface area contributed by atoms with Crippen LogP contribution in [0, 0.1) is 0 Å². The summed E-state index contributed by atoms with van der Waals surface area (Å²) in [6.45, 7) is 20.4. The first-order chi connectivity index (χ1) is 15.5. The third-order valence-electron chi connectivity index (χ3n) is 6.65. The normalized spacial score (nSPS) is 18.0. The van der Waals surface area contributed by atoms with Crippen molar-refractivity contribution in [1.82, 2.24) is 19.6 Å². The number of nitrogens with zero attached hydrogens (tertiary/aromatic N) is 4. The van der Waals surface area contributed by atoms with Crippen LogP contribution in [0.5, 0.6) is 0 Å². The van der Waals surface area contributed by atoms with Gasteiger partial charge >= 0.3 is 0 Å². The predicted molar refractivity (Wildman–Crippen MR) is 137 cm³/mol. The summed E-state index contributed by atoms with van der Waals surface area (Å²) in [6, 6.07) is 0. The van der Waals surface area contributed by atoms with Gasteiger partial charge in [-0.1, -0.05) is 53.4 Å². The molecular weight excluding hydrogens is 400 g/mol. The van der Waals surface area contributed by atoms with Gasteiger partial charge in [-0.05, 0) is 51.9 Å². The molecule has 0 aromatic carbocycles. The van der Waals surface area contributed by atoms with Crippen LogP contribution in [0.1, 0.15) is 79.1 Å². The van der Waals surface area contributed by atoms with Crippen molar-refractivity contribution < 1.29 is 10.2 Å². The fourth-order valence-electron chi connectivity index (χ4n) is 4.58. The molecule has 0 spiro atoms. The molecule has 0 aromatic rings. The van der Waals surface area contributed by atoms with Gasteiger partial charge in [0.25, 0.3) is 0 Å². The zero-order valence-electron chi connectivity index (χ0n) is 22.0. The quantitative estimate of drug-likeness (QED) is 0.294. The highest BCUT2D eigenvalue weighted by Crippen LogP contribution is 2.08. The van der Waals surface area contributed by atoms with Gasteiger partial charge in [-0.3, -0.25) is 9.80 Å². The van der Waals surface area contributed by atoms with Crippen LogP contribution in [-0.4, -0.2) is 121 Å². The van der Waals surface area contributed by atoms with Crippen LogP contribution >= 0.6 is 0 Å². The highest BCUT2D eigenvalue weighted by Gasteiger charge is 2.22. The third-order valence-corrected chi connectivity index (χ3v) is 6.65. The Bertz CT molecular complexity index is 365. The number of hydrogen-bond acceptors (Lipinski definition) is 6. The molecule has 1 aliphatic rings. The van der Waals surface area contributed by atoms with E-state index in [2.05, 4.69) is 47.3 Å². The molecule has 2 N–H and O–H groups in total. The van der Waals surface area contributed by atoms with Crippen molar-refractivity contribution in [1.29, 1.82) is 0 Å². The molecule has 6 heteroatoms. The SMILES string of the molecule is CCCCN(CCCC)C[C@@H](O)CN1CCN(C[C@@H](O)CN(CCCC)CCCC)CC1. The van der Waals surface area contributed by atoms with E-state index in [1.54, 1.807) is 0 Å². The Balaban J connectivity index is 2.32. The number of unbranched alkanes of at least 4 members (excludes halogenated alkanes) is 4. The summed E-state index contributed by atoms with van der Waals surface area (Å²) >= 11 is 0. The van der Waals surface area contributed by atoms with Gasteiger partial charge in [0.1, 0.15) is 0 Å². The fraction of sp³-hybridized carbons (Fsp3) is 1.00. The molecular formula is C26H56N4O2. The second-order valence-corrected chi connectivity index (χ2v) is 9.92. The van der Waals surface area contributed by atoms with Crippen molar-refractivity contribution in [3.63, 3.8) is 0 Å². The summed E-state index contributed by atoms with van der Waals surface area (Å²) in [5.74, 6) is 0. The summed E-state index contributed by atoms with van der Waals surface area (Å²) in [5.41, 5.74) is 0. The van der Waals surface area contributed by atoms with Crippen molar-refractivity contribution in [3.05, 3.63) is 0 Å². The molecule has 0 aliphatic carbocycles. The summed E-state index contributed by atoms with van der Waals surface area (Å²) in [4.78, 5) is 9.71. The molecule has 2 atom stereocenters. The minimum atomic E-state index is -0.272. The average molecular weight is 457 g/mol. The maximum Gasteiger partial charge on any atom is 0.0793 e. The molecule has 0 amide bonds. The van der Waals surface area contributed by atoms with Crippen molar-refractivity contribution in [2.24, 2.45) is 0 Å². The van der Waals surface area contributed by atoms with E-state index in [1.165, 1.54) is 51.4 Å². The van der Waals surface area contributed by atoms with E-state index in [4.69, 9.17) is 0 Å². The van der Waals surface area contributed by atoms with Crippen LogP contribution in [0.25, 0.3) is 0 Å². The Kier molecular flexibility index (Phi) is 17.8. The number of rotatable bonds is 20. The van der Waals surface area contributed by atoms with Crippen LogP contribution < -0.4 is 0 Å². The Hall–Kier alpha value is -0.240. The number of β-amino-alcohol motifs (C(OH)–C–C–N with tert-alkyl or cyclic N) is 2. The molecule has 1 saturated heterocycles. The first kappa shape index (κ1) is 29.8. The first-order valence-corrected chi connectivity index (χ1v) is 13.8. The van der Waals surface area contributed by atoms with Gasteiger partial charge in [-0.15, -0.1) is 0 Å². The Morgan fingerprint density at radius 3 is 1.09 bits per heavy atom. The predicted octanol–water partition coefficient (Wildman–Crippen LogP) is 3.13.